The van der Waals surface area contributed by atoms with E-state index in [0.717, 1.165) is 12.5 Å². The van der Waals surface area contributed by atoms with Gasteiger partial charge in [-0.05, 0) is 36.4 Å². The summed E-state index contributed by atoms with van der Waals surface area (Å²) < 4.78 is 39.1. The van der Waals surface area contributed by atoms with E-state index in [4.69, 9.17) is 5.73 Å². The van der Waals surface area contributed by atoms with Gasteiger partial charge in [-0.3, -0.25) is 4.79 Å². The van der Waals surface area contributed by atoms with Crippen molar-refractivity contribution in [1.29, 1.82) is 0 Å². The topological polar surface area (TPSA) is 46.3 Å². The average Bonchev–Trinajstić information content (AvgIpc) is 2.95. The number of likely N-dealkylation sites (tertiary alicyclic amines) is 1. The molecule has 1 aromatic rings. The number of benzene rings is 1. The molecule has 0 saturated carbocycles. The van der Waals surface area contributed by atoms with E-state index >= 15 is 0 Å². The molecule has 0 unspecified atom stereocenters. The molecule has 0 radical (unpaired) electrons. The Bertz CT molecular complexity index is 530. The van der Waals surface area contributed by atoms with E-state index in [0.29, 0.717) is 25.6 Å². The number of hydrogen-bond acceptors (Lipinski definition) is 2. The van der Waals surface area contributed by atoms with Crippen molar-refractivity contribution in [2.75, 3.05) is 19.6 Å². The van der Waals surface area contributed by atoms with Crippen LogP contribution in [0.1, 0.15) is 36.8 Å². The standard InChI is InChI=1S/C16H21F3N2O/c1-11(8-15(22)21-7-6-12(9-20)10-21)13-4-2-3-5-14(13)16(17,18)19/h2-5,11-12H,6-10,20H2,1H3/t11-,12-/m1/s1. The number of carbonyl (C=O) groups is 1. The van der Waals surface area contributed by atoms with Gasteiger partial charge in [0.1, 0.15) is 0 Å². The molecule has 1 saturated heterocycles. The zero-order chi connectivity index (χ0) is 16.3. The number of alkyl halides is 3. The number of nitrogens with zero attached hydrogens (tertiary/aromatic N) is 1. The first-order chi connectivity index (χ1) is 10.3. The van der Waals surface area contributed by atoms with E-state index in [2.05, 4.69) is 0 Å². The summed E-state index contributed by atoms with van der Waals surface area (Å²) in [6.07, 6.45) is -3.44. The minimum Gasteiger partial charge on any atom is -0.342 e. The number of nitrogens with two attached hydrogens (primary N) is 1. The van der Waals surface area contributed by atoms with Gasteiger partial charge >= 0.3 is 6.18 Å². The van der Waals surface area contributed by atoms with Gasteiger partial charge in [-0.1, -0.05) is 25.1 Å². The van der Waals surface area contributed by atoms with Crippen LogP contribution in [-0.2, 0) is 11.0 Å². The molecule has 2 N–H and O–H groups in total. The van der Waals surface area contributed by atoms with Crippen LogP contribution in [0.5, 0.6) is 0 Å². The minimum absolute atomic E-state index is 0.0877. The van der Waals surface area contributed by atoms with Crippen LogP contribution < -0.4 is 5.73 Å². The average molecular weight is 314 g/mol. The maximum atomic E-state index is 13.0. The summed E-state index contributed by atoms with van der Waals surface area (Å²) in [4.78, 5) is 14.0. The van der Waals surface area contributed by atoms with Gasteiger partial charge < -0.3 is 10.6 Å². The molecule has 0 spiro atoms. The SMILES string of the molecule is C[C@H](CC(=O)N1CC[C@H](CN)C1)c1ccccc1C(F)(F)F. The van der Waals surface area contributed by atoms with Crippen LogP contribution in [0, 0.1) is 5.92 Å². The number of hydrogen-bond donors (Lipinski definition) is 1. The Balaban J connectivity index is 2.07. The number of rotatable bonds is 4. The van der Waals surface area contributed by atoms with E-state index in [9.17, 15) is 18.0 Å². The first-order valence-electron chi connectivity index (χ1n) is 7.47. The Morgan fingerprint density at radius 3 is 2.68 bits per heavy atom. The van der Waals surface area contributed by atoms with Crippen molar-refractivity contribution in [3.63, 3.8) is 0 Å². The van der Waals surface area contributed by atoms with Gasteiger partial charge in [0.25, 0.3) is 0 Å². The highest BCUT2D eigenvalue weighted by Gasteiger charge is 2.35. The quantitative estimate of drug-likeness (QED) is 0.928. The van der Waals surface area contributed by atoms with Crippen molar-refractivity contribution in [1.82, 2.24) is 4.90 Å². The fraction of sp³-hybridized carbons (Fsp3) is 0.562. The molecule has 0 aromatic heterocycles. The number of carbonyl (C=O) groups excluding carboxylic acids is 1. The lowest BCUT2D eigenvalue weighted by molar-refractivity contribution is -0.139. The predicted molar refractivity (Wildman–Crippen MR) is 78.2 cm³/mol. The molecule has 2 atom stereocenters. The maximum absolute atomic E-state index is 13.0. The largest absolute Gasteiger partial charge is 0.416 e. The molecule has 1 fully saturated rings. The predicted octanol–water partition coefficient (Wildman–Crippen LogP) is 3.01. The summed E-state index contributed by atoms with van der Waals surface area (Å²) in [6.45, 7) is 3.46. The fourth-order valence-electron chi connectivity index (χ4n) is 2.94. The van der Waals surface area contributed by atoms with Crippen molar-refractivity contribution >= 4 is 5.91 Å². The molecule has 1 heterocycles. The van der Waals surface area contributed by atoms with Gasteiger partial charge in [-0.25, -0.2) is 0 Å². The van der Waals surface area contributed by atoms with E-state index in [1.165, 1.54) is 12.1 Å². The Morgan fingerprint density at radius 2 is 2.09 bits per heavy atom. The minimum atomic E-state index is -4.40. The zero-order valence-electron chi connectivity index (χ0n) is 12.6. The monoisotopic (exact) mass is 314 g/mol. The first-order valence-corrected chi connectivity index (χ1v) is 7.47. The van der Waals surface area contributed by atoms with E-state index in [1.54, 1.807) is 17.9 Å². The summed E-state index contributed by atoms with van der Waals surface area (Å²) in [7, 11) is 0. The summed E-state index contributed by atoms with van der Waals surface area (Å²) >= 11 is 0. The van der Waals surface area contributed by atoms with Crippen molar-refractivity contribution in [3.8, 4) is 0 Å². The summed E-state index contributed by atoms with van der Waals surface area (Å²) in [5.41, 5.74) is 5.12. The Labute approximate surface area is 128 Å². The van der Waals surface area contributed by atoms with Crippen LogP contribution in [0.25, 0.3) is 0 Å². The molecule has 1 aliphatic heterocycles. The van der Waals surface area contributed by atoms with Gasteiger partial charge in [-0.15, -0.1) is 0 Å². The van der Waals surface area contributed by atoms with Crippen LogP contribution in [0.15, 0.2) is 24.3 Å². The highest BCUT2D eigenvalue weighted by Crippen LogP contribution is 2.36. The summed E-state index contributed by atoms with van der Waals surface area (Å²) in [5.74, 6) is -0.260. The molecule has 0 aliphatic carbocycles. The van der Waals surface area contributed by atoms with Crippen LogP contribution in [0.2, 0.25) is 0 Å². The Kier molecular flexibility index (Phi) is 5.11. The van der Waals surface area contributed by atoms with E-state index in [-0.39, 0.29) is 17.9 Å². The molecule has 1 amide bonds. The molecule has 22 heavy (non-hydrogen) atoms. The van der Waals surface area contributed by atoms with Gasteiger partial charge in [0.2, 0.25) is 5.91 Å². The van der Waals surface area contributed by atoms with Crippen LogP contribution in [0.3, 0.4) is 0 Å². The molecular weight excluding hydrogens is 293 g/mol. The zero-order valence-corrected chi connectivity index (χ0v) is 12.6. The van der Waals surface area contributed by atoms with E-state index in [1.807, 2.05) is 0 Å². The van der Waals surface area contributed by atoms with Gasteiger partial charge in [0, 0.05) is 19.5 Å². The van der Waals surface area contributed by atoms with Gasteiger partial charge in [0.05, 0.1) is 5.56 Å². The molecule has 2 rings (SSSR count). The van der Waals surface area contributed by atoms with Gasteiger partial charge in [-0.2, -0.15) is 13.2 Å². The third-order valence-corrected chi connectivity index (χ3v) is 4.25. The van der Waals surface area contributed by atoms with Crippen LogP contribution in [0.4, 0.5) is 13.2 Å². The van der Waals surface area contributed by atoms with Gasteiger partial charge in [0.15, 0.2) is 0 Å². The second kappa shape index (κ2) is 6.69. The number of amides is 1. The molecule has 3 nitrogen and oxygen atoms in total. The first kappa shape index (κ1) is 16.8. The van der Waals surface area contributed by atoms with Crippen LogP contribution >= 0.6 is 0 Å². The van der Waals surface area contributed by atoms with Crippen molar-refractivity contribution < 1.29 is 18.0 Å². The Morgan fingerprint density at radius 1 is 1.41 bits per heavy atom. The maximum Gasteiger partial charge on any atom is 0.416 e. The normalized spacial score (nSPS) is 20.2. The lowest BCUT2D eigenvalue weighted by Crippen LogP contribution is -2.30. The molecule has 122 valence electrons. The summed E-state index contributed by atoms with van der Waals surface area (Å²) in [5, 5.41) is 0. The second-order valence-corrected chi connectivity index (χ2v) is 5.92. The molecule has 6 heteroatoms. The highest BCUT2D eigenvalue weighted by molar-refractivity contribution is 5.77. The van der Waals surface area contributed by atoms with Crippen molar-refractivity contribution in [2.24, 2.45) is 11.7 Å². The lowest BCUT2D eigenvalue weighted by atomic mass is 9.92. The number of halogens is 3. The smallest absolute Gasteiger partial charge is 0.342 e. The third-order valence-electron chi connectivity index (χ3n) is 4.25. The third kappa shape index (κ3) is 3.80. The molecular formula is C16H21F3N2O. The molecule has 1 aliphatic rings. The lowest BCUT2D eigenvalue weighted by Gasteiger charge is -2.21. The summed E-state index contributed by atoms with van der Waals surface area (Å²) in [6, 6.07) is 5.46. The second-order valence-electron chi connectivity index (χ2n) is 5.92. The Hall–Kier alpha value is -1.56. The van der Waals surface area contributed by atoms with Crippen molar-refractivity contribution in [3.05, 3.63) is 35.4 Å². The van der Waals surface area contributed by atoms with E-state index < -0.39 is 17.7 Å². The highest BCUT2D eigenvalue weighted by atomic mass is 19.4. The van der Waals surface area contributed by atoms with Crippen LogP contribution in [-0.4, -0.2) is 30.4 Å². The molecule has 1 aromatic carbocycles. The van der Waals surface area contributed by atoms with Crippen molar-refractivity contribution in [2.45, 2.75) is 31.9 Å². The molecule has 0 bridgehead atoms. The fourth-order valence-corrected chi connectivity index (χ4v) is 2.94.